The minimum Gasteiger partial charge on any atom is -0.494 e. The SMILES string of the molecule is CC(C#[N+]C(=O)c1cccc(NCc2nnc(-c3ccncn3)n2C)c1)c1cccc(OCCCCCOCCCOCCNc2cccc3c2CN(C2CCC(=O)NC2=O)C3=O)c1. The van der Waals surface area contributed by atoms with Crippen LogP contribution in [0.15, 0.2) is 85.3 Å². The van der Waals surface area contributed by atoms with Crippen molar-refractivity contribution in [1.82, 2.24) is 34.9 Å². The number of fused-ring (bicyclic) bond motifs is 1. The van der Waals surface area contributed by atoms with E-state index in [4.69, 9.17) is 14.2 Å². The second-order valence-corrected chi connectivity index (χ2v) is 15.5. The Labute approximate surface area is 371 Å². The van der Waals surface area contributed by atoms with E-state index in [1.165, 1.54) is 6.33 Å². The Balaban J connectivity index is 0.727. The molecule has 4 amide bonds. The molecule has 17 heteroatoms. The molecule has 5 aromatic rings. The van der Waals surface area contributed by atoms with Gasteiger partial charge in [-0.25, -0.2) is 9.97 Å². The predicted molar refractivity (Wildman–Crippen MR) is 239 cm³/mol. The van der Waals surface area contributed by atoms with Crippen LogP contribution in [0.1, 0.15) is 89.0 Å². The lowest BCUT2D eigenvalue weighted by molar-refractivity contribution is -0.136. The van der Waals surface area contributed by atoms with Gasteiger partial charge in [-0.1, -0.05) is 24.3 Å². The summed E-state index contributed by atoms with van der Waals surface area (Å²) in [6.45, 7) is 6.18. The van der Waals surface area contributed by atoms with Crippen molar-refractivity contribution in [1.29, 1.82) is 0 Å². The standard InChI is InChI=1S/C47H52N10O7/c1-32(28-51-45(59)34-11-6-12-35(26-34)50-29-42-54-55-44(56(42)2)40-18-19-48-31-52-40)33-10-7-13-36(27-33)64-24-5-3-4-21-62-22-9-23-63-25-20-49-39-15-8-14-37-38(39)30-57(47(37)61)41-16-17-43(58)53-46(41)60/h6-8,10-15,18-19,26-27,31-32,41,49-50H,3-5,9,16-17,20-25,29-30H2,1-2H3/p+1. The lowest BCUT2D eigenvalue weighted by Crippen LogP contribution is -2.52. The van der Waals surface area contributed by atoms with E-state index in [1.807, 2.05) is 61.0 Å². The summed E-state index contributed by atoms with van der Waals surface area (Å²) in [5.74, 6) is 0.583. The molecular weight excluding hydrogens is 817 g/mol. The van der Waals surface area contributed by atoms with Crippen LogP contribution in [0.2, 0.25) is 0 Å². The Kier molecular flexibility index (Phi) is 15.7. The number of unbranched alkanes of at least 4 members (excludes halogenated alkanes) is 2. The van der Waals surface area contributed by atoms with E-state index >= 15 is 0 Å². The maximum Gasteiger partial charge on any atom is 0.547 e. The molecule has 0 bridgehead atoms. The van der Waals surface area contributed by atoms with Gasteiger partial charge in [-0.2, -0.15) is 4.79 Å². The third kappa shape index (κ3) is 11.9. The third-order valence-corrected chi connectivity index (χ3v) is 11.0. The van der Waals surface area contributed by atoms with Crippen molar-refractivity contribution < 1.29 is 33.4 Å². The average Bonchev–Trinajstić information content (AvgIpc) is 3.86. The van der Waals surface area contributed by atoms with Gasteiger partial charge >= 0.3 is 5.91 Å². The van der Waals surface area contributed by atoms with Crippen LogP contribution in [0.3, 0.4) is 0 Å². The van der Waals surface area contributed by atoms with Crippen molar-refractivity contribution in [2.24, 2.45) is 7.05 Å². The van der Waals surface area contributed by atoms with Gasteiger partial charge in [-0.3, -0.25) is 19.7 Å². The van der Waals surface area contributed by atoms with Crippen LogP contribution in [0.5, 0.6) is 5.75 Å². The zero-order valence-electron chi connectivity index (χ0n) is 36.1. The van der Waals surface area contributed by atoms with Gasteiger partial charge in [-0.15, -0.1) is 10.2 Å². The molecule has 332 valence electrons. The molecule has 1 fully saturated rings. The highest BCUT2D eigenvalue weighted by molar-refractivity contribution is 6.06. The van der Waals surface area contributed by atoms with Crippen LogP contribution in [-0.4, -0.2) is 98.9 Å². The summed E-state index contributed by atoms with van der Waals surface area (Å²) in [5, 5.41) is 17.5. The highest BCUT2D eigenvalue weighted by Crippen LogP contribution is 2.32. The summed E-state index contributed by atoms with van der Waals surface area (Å²) in [5.41, 5.74) is 5.09. The van der Waals surface area contributed by atoms with Gasteiger partial charge in [0.1, 0.15) is 35.3 Å². The topological polar surface area (TPSA) is 196 Å². The van der Waals surface area contributed by atoms with E-state index in [0.29, 0.717) is 87.6 Å². The molecule has 3 aromatic carbocycles. The first-order valence-corrected chi connectivity index (χ1v) is 21.6. The molecule has 3 N–H and O–H groups in total. The van der Waals surface area contributed by atoms with Crippen LogP contribution < -0.4 is 20.7 Å². The number of amides is 4. The number of carbonyl (C=O) groups excluding carboxylic acids is 4. The summed E-state index contributed by atoms with van der Waals surface area (Å²) in [6.07, 6.45) is 7.28. The van der Waals surface area contributed by atoms with Crippen molar-refractivity contribution in [3.8, 4) is 23.3 Å². The van der Waals surface area contributed by atoms with E-state index in [9.17, 15) is 19.2 Å². The van der Waals surface area contributed by atoms with Gasteiger partial charge in [0, 0.05) is 79.9 Å². The van der Waals surface area contributed by atoms with Gasteiger partial charge < -0.3 is 34.3 Å². The smallest absolute Gasteiger partial charge is 0.494 e. The minimum atomic E-state index is -0.639. The number of hydrogen-bond acceptors (Lipinski definition) is 13. The Morgan fingerprint density at radius 1 is 0.922 bits per heavy atom. The molecule has 0 saturated carbocycles. The van der Waals surface area contributed by atoms with Crippen molar-refractivity contribution in [2.45, 2.75) is 70.5 Å². The first-order valence-electron chi connectivity index (χ1n) is 21.6. The average molecular weight is 870 g/mol. The largest absolute Gasteiger partial charge is 0.547 e. The zero-order chi connectivity index (χ0) is 44.7. The summed E-state index contributed by atoms with van der Waals surface area (Å²) in [7, 11) is 1.87. The Hall–Kier alpha value is -7.03. The normalized spacial score (nSPS) is 14.9. The second-order valence-electron chi connectivity index (χ2n) is 15.5. The Morgan fingerprint density at radius 3 is 2.58 bits per heavy atom. The third-order valence-electron chi connectivity index (χ3n) is 11.0. The number of carbonyl (C=O) groups is 4. The number of piperidine rings is 1. The monoisotopic (exact) mass is 869 g/mol. The van der Waals surface area contributed by atoms with Crippen LogP contribution >= 0.6 is 0 Å². The van der Waals surface area contributed by atoms with Gasteiger partial charge in [0.15, 0.2) is 11.6 Å². The summed E-state index contributed by atoms with van der Waals surface area (Å²) in [4.78, 5) is 63.9. The Morgan fingerprint density at radius 2 is 1.73 bits per heavy atom. The number of ether oxygens (including phenoxy) is 3. The first-order chi connectivity index (χ1) is 31.2. The summed E-state index contributed by atoms with van der Waals surface area (Å²) >= 11 is 0. The fourth-order valence-corrected chi connectivity index (χ4v) is 7.42. The molecular formula is C47H53N10O7+. The molecule has 0 spiro atoms. The maximum absolute atomic E-state index is 13.0. The molecule has 2 atom stereocenters. The lowest BCUT2D eigenvalue weighted by Gasteiger charge is -2.29. The van der Waals surface area contributed by atoms with Gasteiger partial charge in [-0.05, 0) is 93.1 Å². The number of benzene rings is 3. The molecule has 2 aliphatic heterocycles. The van der Waals surface area contributed by atoms with E-state index in [-0.39, 0.29) is 30.1 Å². The maximum atomic E-state index is 13.0. The first kappa shape index (κ1) is 45.0. The van der Waals surface area contributed by atoms with E-state index in [0.717, 1.165) is 53.9 Å². The molecule has 0 radical (unpaired) electrons. The molecule has 2 unspecified atom stereocenters. The van der Waals surface area contributed by atoms with Crippen LogP contribution in [0.4, 0.5) is 11.4 Å². The number of anilines is 2. The Bertz CT molecular complexity index is 2480. The van der Waals surface area contributed by atoms with Gasteiger partial charge in [0.25, 0.3) is 12.0 Å². The number of aromatic nitrogens is 5. The summed E-state index contributed by atoms with van der Waals surface area (Å²) < 4.78 is 19.5. The fourth-order valence-electron chi connectivity index (χ4n) is 7.42. The zero-order valence-corrected chi connectivity index (χ0v) is 36.1. The highest BCUT2D eigenvalue weighted by atomic mass is 16.5. The van der Waals surface area contributed by atoms with Crippen LogP contribution in [-0.2, 0) is 39.2 Å². The molecule has 1 saturated heterocycles. The number of imide groups is 1. The molecule has 7 rings (SSSR count). The molecule has 17 nitrogen and oxygen atoms in total. The van der Waals surface area contributed by atoms with Crippen molar-refractivity contribution in [3.05, 3.63) is 118 Å². The number of nitrogens with zero attached hydrogens (tertiary/aromatic N) is 7. The number of nitrogens with one attached hydrogen (secondary N) is 3. The van der Waals surface area contributed by atoms with E-state index in [2.05, 4.69) is 47.0 Å². The number of rotatable bonds is 22. The molecule has 0 aliphatic carbocycles. The molecule has 2 aromatic heterocycles. The van der Waals surface area contributed by atoms with Gasteiger partial charge in [0.05, 0.1) is 19.8 Å². The quantitative estimate of drug-likeness (QED) is 0.0541. The second kappa shape index (κ2) is 22.4. The lowest BCUT2D eigenvalue weighted by atomic mass is 10.0. The number of hydrogen-bond donors (Lipinski definition) is 3. The highest BCUT2D eigenvalue weighted by Gasteiger charge is 2.39. The fraction of sp³-hybridized carbons (Fsp3) is 0.383. The molecule has 64 heavy (non-hydrogen) atoms. The van der Waals surface area contributed by atoms with Crippen molar-refractivity contribution in [3.63, 3.8) is 0 Å². The molecule has 2 aliphatic rings. The van der Waals surface area contributed by atoms with Gasteiger partial charge in [0.2, 0.25) is 11.8 Å². The van der Waals surface area contributed by atoms with Crippen LogP contribution in [0, 0.1) is 6.07 Å². The van der Waals surface area contributed by atoms with Crippen molar-refractivity contribution >= 4 is 35.0 Å². The molecule has 4 heterocycles. The summed E-state index contributed by atoms with van der Waals surface area (Å²) in [6, 6.07) is 24.6. The minimum absolute atomic E-state index is 0.191. The van der Waals surface area contributed by atoms with Crippen LogP contribution in [0.25, 0.3) is 16.4 Å². The van der Waals surface area contributed by atoms with E-state index in [1.54, 1.807) is 41.4 Å². The van der Waals surface area contributed by atoms with Crippen molar-refractivity contribution in [2.75, 3.05) is 50.2 Å². The predicted octanol–water partition coefficient (Wildman–Crippen LogP) is 6.01. The van der Waals surface area contributed by atoms with E-state index < -0.39 is 11.9 Å².